The van der Waals surface area contributed by atoms with Crippen LogP contribution in [0.25, 0.3) is 0 Å². The van der Waals surface area contributed by atoms with Crippen molar-refractivity contribution in [1.29, 1.82) is 0 Å². The van der Waals surface area contributed by atoms with Crippen LogP contribution in [0.4, 0.5) is 0 Å². The van der Waals surface area contributed by atoms with Crippen LogP contribution in [0, 0.1) is 5.92 Å². The van der Waals surface area contributed by atoms with Gasteiger partial charge in [0.15, 0.2) is 0 Å². The molecule has 2 atom stereocenters. The Labute approximate surface area is 142 Å². The van der Waals surface area contributed by atoms with E-state index >= 15 is 0 Å². The van der Waals surface area contributed by atoms with E-state index in [-0.39, 0.29) is 30.3 Å². The zero-order valence-corrected chi connectivity index (χ0v) is 14.7. The third-order valence-electron chi connectivity index (χ3n) is 3.60. The fraction of sp³-hybridized carbons (Fsp3) is 0.533. The largest absolute Gasteiger partial charge is 0.334 e. The third-order valence-corrected chi connectivity index (χ3v) is 4.87. The first-order chi connectivity index (χ1) is 9.63. The summed E-state index contributed by atoms with van der Waals surface area (Å²) in [6, 6.07) is 8.02. The van der Waals surface area contributed by atoms with E-state index in [1.54, 1.807) is 0 Å². The molecule has 1 aromatic rings. The number of amides is 1. The van der Waals surface area contributed by atoms with Crippen molar-refractivity contribution in [3.8, 4) is 0 Å². The number of hydrogen-bond acceptors (Lipinski definition) is 3. The monoisotopic (exact) mass is 348 g/mol. The molecule has 1 aromatic carbocycles. The van der Waals surface area contributed by atoms with E-state index in [0.29, 0.717) is 0 Å². The van der Waals surface area contributed by atoms with Gasteiger partial charge in [0.2, 0.25) is 5.91 Å². The number of hydrogen-bond donors (Lipinski definition) is 1. The van der Waals surface area contributed by atoms with E-state index in [9.17, 15) is 4.79 Å². The first-order valence-electron chi connectivity index (χ1n) is 6.91. The Kier molecular flexibility index (Phi) is 7.88. The zero-order valence-electron chi connectivity index (χ0n) is 12.3. The van der Waals surface area contributed by atoms with Gasteiger partial charge in [-0.2, -0.15) is 11.8 Å². The maximum absolute atomic E-state index is 12.6. The minimum absolute atomic E-state index is 0. The lowest BCUT2D eigenvalue weighted by molar-refractivity contribution is -0.136. The highest BCUT2D eigenvalue weighted by molar-refractivity contribution is 7.99. The van der Waals surface area contributed by atoms with Crippen molar-refractivity contribution in [2.75, 3.05) is 31.6 Å². The molecule has 1 N–H and O–H groups in total. The molecule has 1 aliphatic heterocycles. The summed E-state index contributed by atoms with van der Waals surface area (Å²) in [6.07, 6.45) is 0. The van der Waals surface area contributed by atoms with Crippen molar-refractivity contribution in [3.05, 3.63) is 34.9 Å². The predicted molar refractivity (Wildman–Crippen MR) is 93.6 cm³/mol. The van der Waals surface area contributed by atoms with Crippen LogP contribution in [0.3, 0.4) is 0 Å². The third kappa shape index (κ3) is 4.78. The van der Waals surface area contributed by atoms with Gasteiger partial charge in [-0.15, -0.1) is 12.4 Å². The van der Waals surface area contributed by atoms with Gasteiger partial charge in [-0.3, -0.25) is 4.79 Å². The SMILES string of the molecule is CNCC(C)C(=O)N1CCSCC1c1ccc(Cl)cc1.Cl. The molecule has 2 unspecified atom stereocenters. The van der Waals surface area contributed by atoms with Gasteiger partial charge in [0.1, 0.15) is 0 Å². The lowest BCUT2D eigenvalue weighted by Gasteiger charge is -2.37. The second kappa shape index (κ2) is 8.89. The summed E-state index contributed by atoms with van der Waals surface area (Å²) in [7, 11) is 1.88. The standard InChI is InChI=1S/C15H21ClN2OS.ClH/c1-11(9-17-2)15(19)18-7-8-20-10-14(18)12-3-5-13(16)6-4-12;/h3-6,11,14,17H,7-10H2,1-2H3;1H. The number of nitrogens with one attached hydrogen (secondary N) is 1. The van der Waals surface area contributed by atoms with Crippen molar-refractivity contribution < 1.29 is 4.79 Å². The van der Waals surface area contributed by atoms with Crippen molar-refractivity contribution in [2.45, 2.75) is 13.0 Å². The molecule has 3 nitrogen and oxygen atoms in total. The Morgan fingerprint density at radius 1 is 1.48 bits per heavy atom. The van der Waals surface area contributed by atoms with Gasteiger partial charge < -0.3 is 10.2 Å². The Hall–Kier alpha value is -0.420. The van der Waals surface area contributed by atoms with Crippen LogP contribution < -0.4 is 5.32 Å². The number of carbonyl (C=O) groups excluding carboxylic acids is 1. The van der Waals surface area contributed by atoms with Gasteiger partial charge in [-0.05, 0) is 24.7 Å². The number of thioether (sulfide) groups is 1. The normalized spacial score (nSPS) is 19.8. The maximum atomic E-state index is 12.6. The molecule has 21 heavy (non-hydrogen) atoms. The van der Waals surface area contributed by atoms with Crippen LogP contribution in [0.2, 0.25) is 5.02 Å². The Morgan fingerprint density at radius 3 is 2.76 bits per heavy atom. The van der Waals surface area contributed by atoms with Crippen molar-refractivity contribution in [3.63, 3.8) is 0 Å². The van der Waals surface area contributed by atoms with Crippen LogP contribution in [0.15, 0.2) is 24.3 Å². The minimum Gasteiger partial charge on any atom is -0.334 e. The molecule has 1 saturated heterocycles. The lowest BCUT2D eigenvalue weighted by Crippen LogP contribution is -2.45. The number of halogens is 2. The molecule has 1 fully saturated rings. The first-order valence-corrected chi connectivity index (χ1v) is 8.45. The summed E-state index contributed by atoms with van der Waals surface area (Å²) in [4.78, 5) is 14.6. The molecular weight excluding hydrogens is 327 g/mol. The maximum Gasteiger partial charge on any atom is 0.227 e. The Balaban J connectivity index is 0.00000220. The molecule has 1 aliphatic rings. The topological polar surface area (TPSA) is 32.3 Å². The van der Waals surface area contributed by atoms with Gasteiger partial charge in [-0.25, -0.2) is 0 Å². The van der Waals surface area contributed by atoms with Gasteiger partial charge in [-0.1, -0.05) is 30.7 Å². The number of carbonyl (C=O) groups is 1. The van der Waals surface area contributed by atoms with E-state index < -0.39 is 0 Å². The van der Waals surface area contributed by atoms with Crippen LogP contribution in [-0.4, -0.2) is 42.4 Å². The summed E-state index contributed by atoms with van der Waals surface area (Å²) in [5.74, 6) is 2.22. The van der Waals surface area contributed by atoms with Crippen molar-refractivity contribution in [1.82, 2.24) is 10.2 Å². The van der Waals surface area contributed by atoms with E-state index in [2.05, 4.69) is 5.32 Å². The summed E-state index contributed by atoms with van der Waals surface area (Å²) < 4.78 is 0. The molecule has 0 bridgehead atoms. The second-order valence-corrected chi connectivity index (χ2v) is 6.72. The zero-order chi connectivity index (χ0) is 14.5. The molecular formula is C15H22Cl2N2OS. The molecule has 6 heteroatoms. The number of nitrogens with zero attached hydrogens (tertiary/aromatic N) is 1. The predicted octanol–water partition coefficient (Wildman–Crippen LogP) is 3.23. The summed E-state index contributed by atoms with van der Waals surface area (Å²) in [5.41, 5.74) is 1.17. The van der Waals surface area contributed by atoms with Crippen LogP contribution in [0.1, 0.15) is 18.5 Å². The highest BCUT2D eigenvalue weighted by Gasteiger charge is 2.30. The summed E-state index contributed by atoms with van der Waals surface area (Å²) in [6.45, 7) is 3.53. The van der Waals surface area contributed by atoms with Gasteiger partial charge in [0.25, 0.3) is 0 Å². The molecule has 1 amide bonds. The quantitative estimate of drug-likeness (QED) is 0.906. The molecule has 1 heterocycles. The molecule has 0 saturated carbocycles. The molecule has 0 aromatic heterocycles. The van der Waals surface area contributed by atoms with E-state index in [1.807, 2.05) is 54.9 Å². The highest BCUT2D eigenvalue weighted by atomic mass is 35.5. The fourth-order valence-corrected chi connectivity index (χ4v) is 3.72. The Morgan fingerprint density at radius 2 is 2.14 bits per heavy atom. The first kappa shape index (κ1) is 18.6. The summed E-state index contributed by atoms with van der Waals surface area (Å²) in [5, 5.41) is 3.81. The average Bonchev–Trinajstić information content (AvgIpc) is 2.47. The average molecular weight is 349 g/mol. The molecule has 0 spiro atoms. The van der Waals surface area contributed by atoms with Crippen LogP contribution >= 0.6 is 35.8 Å². The van der Waals surface area contributed by atoms with E-state index in [4.69, 9.17) is 11.6 Å². The van der Waals surface area contributed by atoms with Gasteiger partial charge >= 0.3 is 0 Å². The van der Waals surface area contributed by atoms with Crippen molar-refractivity contribution >= 4 is 41.7 Å². The van der Waals surface area contributed by atoms with E-state index in [0.717, 1.165) is 29.6 Å². The van der Waals surface area contributed by atoms with Crippen LogP contribution in [0.5, 0.6) is 0 Å². The smallest absolute Gasteiger partial charge is 0.227 e. The van der Waals surface area contributed by atoms with E-state index in [1.165, 1.54) is 5.56 Å². The summed E-state index contributed by atoms with van der Waals surface area (Å²) >= 11 is 7.85. The molecule has 0 radical (unpaired) electrons. The van der Waals surface area contributed by atoms with Crippen LogP contribution in [-0.2, 0) is 4.79 Å². The van der Waals surface area contributed by atoms with Crippen molar-refractivity contribution in [2.24, 2.45) is 5.92 Å². The molecule has 2 rings (SSSR count). The fourth-order valence-electron chi connectivity index (χ4n) is 2.51. The molecule has 0 aliphatic carbocycles. The minimum atomic E-state index is 0. The second-order valence-electron chi connectivity index (χ2n) is 5.13. The van der Waals surface area contributed by atoms with Gasteiger partial charge in [0.05, 0.1) is 6.04 Å². The number of benzene rings is 1. The molecule has 118 valence electrons. The lowest BCUT2D eigenvalue weighted by atomic mass is 10.0. The Bertz CT molecular complexity index is 455. The highest BCUT2D eigenvalue weighted by Crippen LogP contribution is 2.31. The van der Waals surface area contributed by atoms with Gasteiger partial charge in [0, 0.05) is 35.5 Å². The number of rotatable bonds is 4.